The van der Waals surface area contributed by atoms with E-state index in [2.05, 4.69) is 56.0 Å². The smallest absolute Gasteiger partial charge is 0.264 e. The van der Waals surface area contributed by atoms with Gasteiger partial charge in [0.05, 0.1) is 9.58 Å². The standard InChI is InChI=1S/C21H23NOS2/c1-20(2)9-13-10-21(3,11-20)12-22(13)19(23)17-8-16-18(25-17)14-6-4-5-7-15(14)24-16/h4-8,13H,9-12H2,1-3H3/t13-,21-/m0/s1. The van der Waals surface area contributed by atoms with E-state index in [4.69, 9.17) is 0 Å². The number of carbonyl (C=O) groups excluding carboxylic acids is 1. The van der Waals surface area contributed by atoms with Crippen LogP contribution in [0, 0.1) is 10.8 Å². The van der Waals surface area contributed by atoms with Gasteiger partial charge in [0.25, 0.3) is 5.91 Å². The van der Waals surface area contributed by atoms with E-state index in [0.29, 0.717) is 16.9 Å². The maximum Gasteiger partial charge on any atom is 0.264 e. The van der Waals surface area contributed by atoms with E-state index in [1.165, 1.54) is 32.3 Å². The van der Waals surface area contributed by atoms with E-state index >= 15 is 0 Å². The third-order valence-electron chi connectivity index (χ3n) is 5.94. The molecule has 1 aliphatic heterocycles. The molecule has 2 atom stereocenters. The topological polar surface area (TPSA) is 20.3 Å². The van der Waals surface area contributed by atoms with E-state index in [1.54, 1.807) is 22.7 Å². The molecule has 130 valence electrons. The first kappa shape index (κ1) is 15.8. The lowest BCUT2D eigenvalue weighted by molar-refractivity contribution is 0.0713. The molecule has 1 aliphatic carbocycles. The van der Waals surface area contributed by atoms with Crippen molar-refractivity contribution in [1.82, 2.24) is 4.90 Å². The fourth-order valence-corrected chi connectivity index (χ4v) is 7.92. The Kier molecular flexibility index (Phi) is 3.21. The zero-order chi connectivity index (χ0) is 17.4. The molecule has 0 N–H and O–H groups in total. The third kappa shape index (κ3) is 2.45. The second kappa shape index (κ2) is 5.08. The zero-order valence-electron chi connectivity index (χ0n) is 15.0. The summed E-state index contributed by atoms with van der Waals surface area (Å²) >= 11 is 3.48. The molecule has 0 spiro atoms. The lowest BCUT2D eigenvalue weighted by atomic mass is 9.65. The number of hydrogen-bond donors (Lipinski definition) is 0. The Morgan fingerprint density at radius 3 is 2.76 bits per heavy atom. The predicted octanol–water partition coefficient (Wildman–Crippen LogP) is 6.16. The van der Waals surface area contributed by atoms with Crippen molar-refractivity contribution in [1.29, 1.82) is 0 Å². The van der Waals surface area contributed by atoms with Crippen LogP contribution in [0.15, 0.2) is 30.3 Å². The highest BCUT2D eigenvalue weighted by molar-refractivity contribution is 7.33. The molecule has 2 bridgehead atoms. The van der Waals surface area contributed by atoms with Gasteiger partial charge in [0.15, 0.2) is 0 Å². The molecule has 2 aliphatic rings. The van der Waals surface area contributed by atoms with Crippen LogP contribution in [0.5, 0.6) is 0 Å². The van der Waals surface area contributed by atoms with Crippen molar-refractivity contribution in [2.24, 2.45) is 10.8 Å². The Morgan fingerprint density at radius 2 is 1.92 bits per heavy atom. The summed E-state index contributed by atoms with van der Waals surface area (Å²) in [6.07, 6.45) is 3.53. The lowest BCUT2D eigenvalue weighted by Gasteiger charge is -2.39. The molecule has 3 aromatic rings. The maximum absolute atomic E-state index is 13.3. The predicted molar refractivity (Wildman–Crippen MR) is 108 cm³/mol. The van der Waals surface area contributed by atoms with E-state index < -0.39 is 0 Å². The third-order valence-corrected chi connectivity index (χ3v) is 8.34. The first-order valence-corrected chi connectivity index (χ1v) is 10.7. The normalized spacial score (nSPS) is 28.1. The van der Waals surface area contributed by atoms with Gasteiger partial charge in [-0.25, -0.2) is 0 Å². The summed E-state index contributed by atoms with van der Waals surface area (Å²) in [5.41, 5.74) is 0.641. The summed E-state index contributed by atoms with van der Waals surface area (Å²) in [5, 5.41) is 1.29. The molecule has 2 nitrogen and oxygen atoms in total. The highest BCUT2D eigenvalue weighted by Crippen LogP contribution is 2.53. The van der Waals surface area contributed by atoms with Crippen LogP contribution in [0.25, 0.3) is 19.5 Å². The number of amides is 1. The van der Waals surface area contributed by atoms with Crippen molar-refractivity contribution in [2.45, 2.75) is 46.1 Å². The summed E-state index contributed by atoms with van der Waals surface area (Å²) in [6, 6.07) is 11.1. The van der Waals surface area contributed by atoms with Crippen molar-refractivity contribution in [2.75, 3.05) is 6.54 Å². The van der Waals surface area contributed by atoms with Gasteiger partial charge in [-0.15, -0.1) is 22.7 Å². The van der Waals surface area contributed by atoms with E-state index in [-0.39, 0.29) is 5.91 Å². The fourth-order valence-electron chi connectivity index (χ4n) is 5.44. The number of rotatable bonds is 1. The quantitative estimate of drug-likeness (QED) is 0.503. The summed E-state index contributed by atoms with van der Waals surface area (Å²) < 4.78 is 3.84. The van der Waals surface area contributed by atoms with Gasteiger partial charge in [-0.2, -0.15) is 0 Å². The van der Waals surface area contributed by atoms with Crippen LogP contribution in [0.4, 0.5) is 0 Å². The van der Waals surface area contributed by atoms with Gasteiger partial charge in [0, 0.05) is 27.4 Å². The van der Waals surface area contributed by atoms with Crippen LogP contribution >= 0.6 is 22.7 Å². The molecule has 2 aromatic heterocycles. The lowest BCUT2D eigenvalue weighted by Crippen LogP contribution is -2.37. The molecule has 5 rings (SSSR count). The maximum atomic E-state index is 13.3. The molecular weight excluding hydrogens is 346 g/mol. The number of fused-ring (bicyclic) bond motifs is 5. The van der Waals surface area contributed by atoms with Crippen LogP contribution in [0.3, 0.4) is 0 Å². The molecular formula is C21H23NOS2. The largest absolute Gasteiger partial charge is 0.334 e. The minimum atomic E-state index is 0.254. The SMILES string of the molecule is CC1(C)C[C@H]2C[C@](C)(CN2C(=O)c2cc3sc4ccccc4c3s2)C1. The minimum Gasteiger partial charge on any atom is -0.334 e. The fraction of sp³-hybridized carbons (Fsp3) is 0.476. The molecule has 0 unspecified atom stereocenters. The van der Waals surface area contributed by atoms with Crippen LogP contribution in [0.1, 0.15) is 49.7 Å². The summed E-state index contributed by atoms with van der Waals surface area (Å²) in [4.78, 5) is 16.4. The van der Waals surface area contributed by atoms with Crippen molar-refractivity contribution in [3.63, 3.8) is 0 Å². The van der Waals surface area contributed by atoms with Gasteiger partial charge in [-0.05, 0) is 42.2 Å². The van der Waals surface area contributed by atoms with Crippen LogP contribution in [0.2, 0.25) is 0 Å². The van der Waals surface area contributed by atoms with Crippen molar-refractivity contribution in [3.05, 3.63) is 35.2 Å². The average molecular weight is 370 g/mol. The number of benzene rings is 1. The van der Waals surface area contributed by atoms with Crippen LogP contribution in [-0.4, -0.2) is 23.4 Å². The van der Waals surface area contributed by atoms with Gasteiger partial charge in [-0.1, -0.05) is 39.0 Å². The number of carbonyl (C=O) groups is 1. The molecule has 4 heteroatoms. The zero-order valence-corrected chi connectivity index (χ0v) is 16.6. The van der Waals surface area contributed by atoms with E-state index in [0.717, 1.165) is 17.8 Å². The molecule has 1 saturated heterocycles. The summed E-state index contributed by atoms with van der Waals surface area (Å²) in [5.74, 6) is 0.254. The Hall–Kier alpha value is -1.39. The van der Waals surface area contributed by atoms with Crippen molar-refractivity contribution >= 4 is 48.1 Å². The van der Waals surface area contributed by atoms with Gasteiger partial charge in [0.1, 0.15) is 0 Å². The van der Waals surface area contributed by atoms with E-state index in [1.807, 2.05) is 0 Å². The highest BCUT2D eigenvalue weighted by atomic mass is 32.1. The minimum absolute atomic E-state index is 0.254. The van der Waals surface area contributed by atoms with Crippen molar-refractivity contribution in [3.8, 4) is 0 Å². The van der Waals surface area contributed by atoms with Gasteiger partial charge >= 0.3 is 0 Å². The molecule has 2 fully saturated rings. The average Bonchev–Trinajstić information content (AvgIpc) is 3.14. The summed E-state index contributed by atoms with van der Waals surface area (Å²) in [6.45, 7) is 8.01. The van der Waals surface area contributed by atoms with Gasteiger partial charge < -0.3 is 4.90 Å². The monoisotopic (exact) mass is 369 g/mol. The Balaban J connectivity index is 1.51. The van der Waals surface area contributed by atoms with Gasteiger partial charge in [0.2, 0.25) is 0 Å². The second-order valence-corrected chi connectivity index (χ2v) is 11.2. The molecule has 25 heavy (non-hydrogen) atoms. The molecule has 1 saturated carbocycles. The second-order valence-electron chi connectivity index (χ2n) is 9.05. The van der Waals surface area contributed by atoms with Crippen LogP contribution < -0.4 is 0 Å². The molecule has 1 aromatic carbocycles. The molecule has 1 amide bonds. The number of hydrogen-bond acceptors (Lipinski definition) is 3. The first-order chi connectivity index (χ1) is 11.8. The Morgan fingerprint density at radius 1 is 1.12 bits per heavy atom. The number of thiophene rings is 2. The molecule has 3 heterocycles. The van der Waals surface area contributed by atoms with Crippen LogP contribution in [-0.2, 0) is 0 Å². The Bertz CT molecular complexity index is 998. The highest BCUT2D eigenvalue weighted by Gasteiger charge is 2.51. The molecule has 0 radical (unpaired) electrons. The Labute approximate surface area is 156 Å². The first-order valence-electron chi connectivity index (χ1n) is 9.06. The van der Waals surface area contributed by atoms with Gasteiger partial charge in [-0.3, -0.25) is 4.79 Å². The van der Waals surface area contributed by atoms with E-state index in [9.17, 15) is 4.79 Å². The number of nitrogens with zero attached hydrogens (tertiary/aromatic N) is 1. The van der Waals surface area contributed by atoms with Crippen molar-refractivity contribution < 1.29 is 4.79 Å². The number of likely N-dealkylation sites (tertiary alicyclic amines) is 1. The summed E-state index contributed by atoms with van der Waals surface area (Å²) in [7, 11) is 0.